The van der Waals surface area contributed by atoms with Crippen LogP contribution in [0.15, 0.2) is 35.5 Å². The highest BCUT2D eigenvalue weighted by molar-refractivity contribution is 6.05. The molecule has 0 spiro atoms. The van der Waals surface area contributed by atoms with Crippen LogP contribution in [-0.2, 0) is 17.3 Å². The van der Waals surface area contributed by atoms with E-state index in [0.717, 1.165) is 24.6 Å². The third-order valence-corrected chi connectivity index (χ3v) is 4.99. The number of aliphatic imine (C=N–C) groups is 1. The van der Waals surface area contributed by atoms with Crippen LogP contribution < -0.4 is 11.1 Å². The Morgan fingerprint density at radius 2 is 1.97 bits per heavy atom. The minimum absolute atomic E-state index is 0.0462. The molecule has 2 aliphatic rings. The van der Waals surface area contributed by atoms with Crippen molar-refractivity contribution >= 4 is 17.6 Å². The van der Waals surface area contributed by atoms with Gasteiger partial charge in [-0.05, 0) is 43.4 Å². The molecule has 4 rings (SSSR count). The first kappa shape index (κ1) is 20.1. The van der Waals surface area contributed by atoms with Gasteiger partial charge in [0.25, 0.3) is 11.9 Å². The molecule has 0 radical (unpaired) electrons. The number of ether oxygens (including phenoxy) is 1. The van der Waals surface area contributed by atoms with E-state index in [1.807, 2.05) is 12.1 Å². The van der Waals surface area contributed by atoms with Crippen LogP contribution in [-0.4, -0.2) is 34.5 Å². The number of nitrogens with two attached hydrogens (primary N) is 1. The molecule has 0 bridgehead atoms. The zero-order valence-electron chi connectivity index (χ0n) is 15.9. The first-order valence-corrected chi connectivity index (χ1v) is 9.60. The Balaban J connectivity index is 1.41. The predicted octanol–water partition coefficient (Wildman–Crippen LogP) is 3.27. The van der Waals surface area contributed by atoms with E-state index in [0.29, 0.717) is 25.1 Å². The molecule has 2 aromatic rings. The molecule has 7 nitrogen and oxygen atoms in total. The second-order valence-corrected chi connectivity index (χ2v) is 7.39. The Morgan fingerprint density at radius 3 is 2.57 bits per heavy atom. The SMILES string of the molecule is NC1=N[C@@H](CCc2ccc(NC(=O)c3cnc(C(F)(F)F)nc3C3CC3)cc2)CO1. The van der Waals surface area contributed by atoms with Crippen molar-refractivity contribution in [3.63, 3.8) is 0 Å². The minimum Gasteiger partial charge on any atom is -0.463 e. The number of aromatic nitrogens is 2. The van der Waals surface area contributed by atoms with Crippen LogP contribution in [0.5, 0.6) is 0 Å². The topological polar surface area (TPSA) is 102 Å². The van der Waals surface area contributed by atoms with Gasteiger partial charge in [0.1, 0.15) is 6.61 Å². The normalized spacial score (nSPS) is 18.6. The Morgan fingerprint density at radius 1 is 1.23 bits per heavy atom. The van der Waals surface area contributed by atoms with Crippen LogP contribution >= 0.6 is 0 Å². The summed E-state index contributed by atoms with van der Waals surface area (Å²) in [5.41, 5.74) is 7.33. The molecule has 0 saturated heterocycles. The van der Waals surface area contributed by atoms with Gasteiger partial charge in [-0.15, -0.1) is 0 Å². The number of amidine groups is 1. The van der Waals surface area contributed by atoms with Crippen molar-refractivity contribution in [2.75, 3.05) is 11.9 Å². The Kier molecular flexibility index (Phi) is 5.31. The summed E-state index contributed by atoms with van der Waals surface area (Å²) in [4.78, 5) is 23.8. The fourth-order valence-corrected chi connectivity index (χ4v) is 3.24. The number of carbonyl (C=O) groups excluding carboxylic acids is 1. The lowest BCUT2D eigenvalue weighted by Gasteiger charge is -2.12. The van der Waals surface area contributed by atoms with E-state index in [1.54, 1.807) is 12.1 Å². The number of carbonyl (C=O) groups is 1. The van der Waals surface area contributed by atoms with E-state index >= 15 is 0 Å². The second kappa shape index (κ2) is 7.92. The molecule has 1 saturated carbocycles. The number of hydrogen-bond donors (Lipinski definition) is 2. The van der Waals surface area contributed by atoms with Gasteiger partial charge < -0.3 is 15.8 Å². The van der Waals surface area contributed by atoms with Gasteiger partial charge in [0.2, 0.25) is 5.82 Å². The lowest BCUT2D eigenvalue weighted by molar-refractivity contribution is -0.145. The van der Waals surface area contributed by atoms with E-state index in [9.17, 15) is 18.0 Å². The van der Waals surface area contributed by atoms with Gasteiger partial charge in [-0.3, -0.25) is 4.79 Å². The van der Waals surface area contributed by atoms with Crippen LogP contribution in [0.1, 0.15) is 52.6 Å². The van der Waals surface area contributed by atoms with Crippen molar-refractivity contribution in [1.29, 1.82) is 0 Å². The molecular formula is C20H20F3N5O2. The highest BCUT2D eigenvalue weighted by Gasteiger charge is 2.38. The standard InChI is InChI=1S/C20H20F3N5O2/c21-20(22,23)18-25-9-15(16(28-18)12-4-5-12)17(29)26-13-6-1-11(2-7-13)3-8-14-10-30-19(24)27-14/h1-2,6-7,9,12,14H,3-5,8,10H2,(H2,24,27)(H,26,29)/t14-/m0/s1. The van der Waals surface area contributed by atoms with Gasteiger partial charge in [-0.2, -0.15) is 13.2 Å². The molecule has 10 heteroatoms. The van der Waals surface area contributed by atoms with Gasteiger partial charge in [0.15, 0.2) is 0 Å². The molecule has 1 atom stereocenters. The van der Waals surface area contributed by atoms with Crippen molar-refractivity contribution in [3.8, 4) is 0 Å². The van der Waals surface area contributed by atoms with Crippen LogP contribution in [0, 0.1) is 0 Å². The van der Waals surface area contributed by atoms with E-state index in [2.05, 4.69) is 20.3 Å². The molecule has 1 aliphatic carbocycles. The molecule has 158 valence electrons. The zero-order chi connectivity index (χ0) is 21.3. The quantitative estimate of drug-likeness (QED) is 0.748. The fourth-order valence-electron chi connectivity index (χ4n) is 3.24. The van der Waals surface area contributed by atoms with Gasteiger partial charge in [-0.25, -0.2) is 15.0 Å². The number of aryl methyl sites for hydroxylation is 1. The highest BCUT2D eigenvalue weighted by atomic mass is 19.4. The number of nitrogens with zero attached hydrogens (tertiary/aromatic N) is 3. The number of hydrogen-bond acceptors (Lipinski definition) is 6. The van der Waals surface area contributed by atoms with Crippen molar-refractivity contribution in [2.24, 2.45) is 10.7 Å². The maximum absolute atomic E-state index is 12.9. The Bertz CT molecular complexity index is 971. The summed E-state index contributed by atoms with van der Waals surface area (Å²) in [7, 11) is 0. The molecule has 30 heavy (non-hydrogen) atoms. The number of rotatable bonds is 6. The van der Waals surface area contributed by atoms with Crippen molar-refractivity contribution in [3.05, 3.63) is 53.1 Å². The second-order valence-electron chi connectivity index (χ2n) is 7.39. The number of halogens is 3. The van der Waals surface area contributed by atoms with Crippen molar-refractivity contribution in [2.45, 2.75) is 43.8 Å². The summed E-state index contributed by atoms with van der Waals surface area (Å²) in [5.74, 6) is -1.87. The van der Waals surface area contributed by atoms with Crippen LogP contribution in [0.25, 0.3) is 0 Å². The summed E-state index contributed by atoms with van der Waals surface area (Å²) >= 11 is 0. The molecular weight excluding hydrogens is 399 g/mol. The number of amides is 1. The molecule has 1 aromatic carbocycles. The molecule has 0 unspecified atom stereocenters. The fraction of sp³-hybridized carbons (Fsp3) is 0.400. The Hall–Kier alpha value is -3.17. The maximum Gasteiger partial charge on any atom is 0.451 e. The molecule has 1 fully saturated rings. The largest absolute Gasteiger partial charge is 0.463 e. The van der Waals surface area contributed by atoms with Gasteiger partial charge in [0.05, 0.1) is 17.3 Å². The van der Waals surface area contributed by atoms with E-state index in [-0.39, 0.29) is 29.2 Å². The zero-order valence-corrected chi connectivity index (χ0v) is 15.9. The summed E-state index contributed by atoms with van der Waals surface area (Å²) in [6.45, 7) is 0.485. The smallest absolute Gasteiger partial charge is 0.451 e. The third-order valence-electron chi connectivity index (χ3n) is 4.99. The van der Waals surface area contributed by atoms with Gasteiger partial charge in [-0.1, -0.05) is 12.1 Å². The monoisotopic (exact) mass is 419 g/mol. The Labute approximate surface area is 170 Å². The molecule has 1 aromatic heterocycles. The van der Waals surface area contributed by atoms with Crippen molar-refractivity contribution < 1.29 is 22.7 Å². The number of benzene rings is 1. The summed E-state index contributed by atoms with van der Waals surface area (Å²) < 4.78 is 43.8. The predicted molar refractivity (Wildman–Crippen MR) is 103 cm³/mol. The number of nitrogens with one attached hydrogen (secondary N) is 1. The average molecular weight is 419 g/mol. The molecule has 2 heterocycles. The van der Waals surface area contributed by atoms with E-state index in [1.165, 1.54) is 0 Å². The number of alkyl halides is 3. The van der Waals surface area contributed by atoms with E-state index < -0.39 is 17.9 Å². The van der Waals surface area contributed by atoms with Crippen LogP contribution in [0.3, 0.4) is 0 Å². The number of anilines is 1. The van der Waals surface area contributed by atoms with Crippen molar-refractivity contribution in [1.82, 2.24) is 9.97 Å². The summed E-state index contributed by atoms with van der Waals surface area (Å²) in [6, 6.07) is 7.52. The summed E-state index contributed by atoms with van der Waals surface area (Å²) in [6.07, 6.45) is -0.688. The summed E-state index contributed by atoms with van der Waals surface area (Å²) in [5, 5.41) is 2.71. The average Bonchev–Trinajstić information content (AvgIpc) is 3.48. The lowest BCUT2D eigenvalue weighted by Crippen LogP contribution is -2.19. The molecule has 1 amide bonds. The molecule has 1 aliphatic heterocycles. The highest BCUT2D eigenvalue weighted by Crippen LogP contribution is 2.41. The minimum atomic E-state index is -4.64. The molecule has 3 N–H and O–H groups in total. The third kappa shape index (κ3) is 4.69. The first-order chi connectivity index (χ1) is 14.3. The van der Waals surface area contributed by atoms with Crippen LogP contribution in [0.2, 0.25) is 0 Å². The lowest BCUT2D eigenvalue weighted by atomic mass is 10.1. The van der Waals surface area contributed by atoms with Crippen LogP contribution in [0.4, 0.5) is 18.9 Å². The van der Waals surface area contributed by atoms with Gasteiger partial charge >= 0.3 is 6.18 Å². The van der Waals surface area contributed by atoms with Gasteiger partial charge in [0, 0.05) is 17.8 Å². The first-order valence-electron chi connectivity index (χ1n) is 9.60. The van der Waals surface area contributed by atoms with E-state index in [4.69, 9.17) is 10.5 Å². The maximum atomic E-state index is 12.9.